The van der Waals surface area contributed by atoms with Gasteiger partial charge < -0.3 is 20.4 Å². The Bertz CT molecular complexity index is 303. The van der Waals surface area contributed by atoms with Crippen molar-refractivity contribution < 1.29 is 34.8 Å². The first-order valence-electron chi connectivity index (χ1n) is 4.77. The van der Waals surface area contributed by atoms with Gasteiger partial charge in [-0.05, 0) is 6.92 Å². The molecule has 0 aromatic carbocycles. The Morgan fingerprint density at radius 2 is 1.24 bits per heavy atom. The molecular weight excluding hydrogens is 232 g/mol. The molecule has 17 heavy (non-hydrogen) atoms. The summed E-state index contributed by atoms with van der Waals surface area (Å²) in [6, 6.07) is 0. The van der Waals surface area contributed by atoms with Crippen LogP contribution in [0.25, 0.3) is 0 Å². The lowest BCUT2D eigenvalue weighted by atomic mass is 10.2. The maximum Gasteiger partial charge on any atom is 0.334 e. The average Bonchev–Trinajstić information content (AvgIpc) is 2.24. The van der Waals surface area contributed by atoms with E-state index in [4.69, 9.17) is 20.4 Å². The Morgan fingerprint density at radius 3 is 1.35 bits per heavy atom. The SMILES string of the molecule is CC/C(O)=C(/C)C(=O)O.O=C(O)CCC(=O)O. The number of rotatable bonds is 5. The molecule has 0 bridgehead atoms. The highest BCUT2D eigenvalue weighted by molar-refractivity contribution is 5.86. The summed E-state index contributed by atoms with van der Waals surface area (Å²) < 4.78 is 0. The maximum absolute atomic E-state index is 10.1. The second-order valence-electron chi connectivity index (χ2n) is 3.02. The number of hydrogen-bond donors (Lipinski definition) is 4. The van der Waals surface area contributed by atoms with Crippen LogP contribution in [0.1, 0.15) is 33.1 Å². The molecular formula is C10H16O7. The van der Waals surface area contributed by atoms with Gasteiger partial charge in [0.15, 0.2) is 0 Å². The van der Waals surface area contributed by atoms with E-state index in [1.165, 1.54) is 6.92 Å². The molecule has 0 aromatic heterocycles. The molecule has 0 rings (SSSR count). The fourth-order valence-electron chi connectivity index (χ4n) is 0.602. The van der Waals surface area contributed by atoms with Crippen molar-refractivity contribution in [2.45, 2.75) is 33.1 Å². The van der Waals surface area contributed by atoms with Crippen molar-refractivity contribution in [1.29, 1.82) is 0 Å². The summed E-state index contributed by atoms with van der Waals surface area (Å²) in [5.41, 5.74) is 0.0255. The lowest BCUT2D eigenvalue weighted by molar-refractivity contribution is -0.143. The zero-order valence-electron chi connectivity index (χ0n) is 9.63. The van der Waals surface area contributed by atoms with Crippen LogP contribution in [0.2, 0.25) is 0 Å². The third-order valence-corrected chi connectivity index (χ3v) is 1.64. The van der Waals surface area contributed by atoms with E-state index in [9.17, 15) is 14.4 Å². The molecule has 0 aromatic rings. The highest BCUT2D eigenvalue weighted by atomic mass is 16.4. The Labute approximate surface area is 98.0 Å². The highest BCUT2D eigenvalue weighted by Gasteiger charge is 2.04. The molecule has 0 fully saturated rings. The van der Waals surface area contributed by atoms with Gasteiger partial charge in [0.1, 0.15) is 5.76 Å². The van der Waals surface area contributed by atoms with Gasteiger partial charge in [-0.15, -0.1) is 0 Å². The first kappa shape index (κ1) is 17.3. The number of carboxylic acid groups (broad SMARTS) is 3. The van der Waals surface area contributed by atoms with Crippen LogP contribution in [0, 0.1) is 0 Å². The summed E-state index contributed by atoms with van der Waals surface area (Å²) in [5, 5.41) is 32.9. The minimum atomic E-state index is -1.08. The average molecular weight is 248 g/mol. The molecule has 0 radical (unpaired) electrons. The number of aliphatic carboxylic acids is 3. The van der Waals surface area contributed by atoms with Crippen molar-refractivity contribution in [3.05, 3.63) is 11.3 Å². The van der Waals surface area contributed by atoms with Crippen LogP contribution in [0.5, 0.6) is 0 Å². The Morgan fingerprint density at radius 1 is 0.882 bits per heavy atom. The molecule has 0 spiro atoms. The normalized spacial score (nSPS) is 10.7. The fraction of sp³-hybridized carbons (Fsp3) is 0.500. The van der Waals surface area contributed by atoms with Crippen LogP contribution in [0.3, 0.4) is 0 Å². The standard InChI is InChI=1S/C6H10O3.C4H6O4/c1-3-5(7)4(2)6(8)9;5-3(6)1-2-4(7)8/h7H,3H2,1-2H3,(H,8,9);1-2H2,(H,5,6)(H,7,8)/b5-4+;. The first-order chi connectivity index (χ1) is 7.72. The number of carboxylic acids is 3. The molecule has 7 nitrogen and oxygen atoms in total. The number of aliphatic hydroxyl groups excluding tert-OH is 1. The van der Waals surface area contributed by atoms with Crippen LogP contribution in [0.4, 0.5) is 0 Å². The predicted molar refractivity (Wildman–Crippen MR) is 57.8 cm³/mol. The number of carbonyl (C=O) groups is 3. The van der Waals surface area contributed by atoms with E-state index in [0.717, 1.165) is 0 Å². The third-order valence-electron chi connectivity index (χ3n) is 1.64. The topological polar surface area (TPSA) is 132 Å². The van der Waals surface area contributed by atoms with Crippen LogP contribution in [-0.2, 0) is 14.4 Å². The van der Waals surface area contributed by atoms with Crippen molar-refractivity contribution in [3.8, 4) is 0 Å². The Kier molecular flexibility index (Phi) is 9.38. The summed E-state index contributed by atoms with van der Waals surface area (Å²) in [6.45, 7) is 3.07. The van der Waals surface area contributed by atoms with Crippen LogP contribution in [-0.4, -0.2) is 38.3 Å². The zero-order valence-corrected chi connectivity index (χ0v) is 9.63. The summed E-state index contributed by atoms with van der Waals surface area (Å²) >= 11 is 0. The first-order valence-corrected chi connectivity index (χ1v) is 4.77. The van der Waals surface area contributed by atoms with Crippen molar-refractivity contribution in [1.82, 2.24) is 0 Å². The van der Waals surface area contributed by atoms with E-state index in [2.05, 4.69) is 0 Å². The second-order valence-corrected chi connectivity index (χ2v) is 3.02. The van der Waals surface area contributed by atoms with Crippen LogP contribution < -0.4 is 0 Å². The van der Waals surface area contributed by atoms with E-state index >= 15 is 0 Å². The molecule has 0 unspecified atom stereocenters. The quantitative estimate of drug-likeness (QED) is 0.425. The van der Waals surface area contributed by atoms with Crippen molar-refractivity contribution in [2.75, 3.05) is 0 Å². The van der Waals surface area contributed by atoms with E-state index in [1.807, 2.05) is 0 Å². The van der Waals surface area contributed by atoms with Gasteiger partial charge in [0.05, 0.1) is 18.4 Å². The summed E-state index contributed by atoms with van der Waals surface area (Å²) in [5.74, 6) is -3.27. The van der Waals surface area contributed by atoms with Gasteiger partial charge >= 0.3 is 17.9 Å². The molecule has 7 heteroatoms. The Balaban J connectivity index is 0. The fourth-order valence-corrected chi connectivity index (χ4v) is 0.602. The van der Waals surface area contributed by atoms with Crippen molar-refractivity contribution in [3.63, 3.8) is 0 Å². The van der Waals surface area contributed by atoms with Gasteiger partial charge in [0, 0.05) is 6.42 Å². The number of aliphatic hydroxyl groups is 1. The van der Waals surface area contributed by atoms with Gasteiger partial charge in [-0.3, -0.25) is 9.59 Å². The minimum Gasteiger partial charge on any atom is -0.512 e. The maximum atomic E-state index is 10.1. The molecule has 0 aliphatic rings. The smallest absolute Gasteiger partial charge is 0.334 e. The number of allylic oxidation sites excluding steroid dienone is 1. The molecule has 0 saturated carbocycles. The van der Waals surface area contributed by atoms with Gasteiger partial charge in [-0.25, -0.2) is 4.79 Å². The molecule has 0 atom stereocenters. The monoisotopic (exact) mass is 248 g/mol. The van der Waals surface area contributed by atoms with E-state index in [-0.39, 0.29) is 24.2 Å². The van der Waals surface area contributed by atoms with E-state index in [0.29, 0.717) is 6.42 Å². The summed E-state index contributed by atoms with van der Waals surface area (Å²) in [6.07, 6.45) is -0.219. The molecule has 98 valence electrons. The molecule has 0 heterocycles. The largest absolute Gasteiger partial charge is 0.512 e. The van der Waals surface area contributed by atoms with E-state index < -0.39 is 17.9 Å². The summed E-state index contributed by atoms with van der Waals surface area (Å²) in [4.78, 5) is 29.4. The van der Waals surface area contributed by atoms with Gasteiger partial charge in [0.25, 0.3) is 0 Å². The number of hydrogen-bond acceptors (Lipinski definition) is 4. The van der Waals surface area contributed by atoms with Gasteiger partial charge in [0.2, 0.25) is 0 Å². The second kappa shape index (κ2) is 9.20. The summed E-state index contributed by atoms with van der Waals surface area (Å²) in [7, 11) is 0. The molecule has 0 aliphatic carbocycles. The zero-order chi connectivity index (χ0) is 14.0. The molecule has 0 saturated heterocycles. The highest BCUT2D eigenvalue weighted by Crippen LogP contribution is 2.03. The van der Waals surface area contributed by atoms with E-state index in [1.54, 1.807) is 6.92 Å². The predicted octanol–water partition coefficient (Wildman–Crippen LogP) is 1.25. The van der Waals surface area contributed by atoms with Crippen molar-refractivity contribution in [2.24, 2.45) is 0 Å². The third kappa shape index (κ3) is 11.9. The lowest BCUT2D eigenvalue weighted by Gasteiger charge is -1.95. The molecule has 4 N–H and O–H groups in total. The van der Waals surface area contributed by atoms with Crippen LogP contribution >= 0.6 is 0 Å². The minimum absolute atomic E-state index is 0.0255. The molecule has 0 amide bonds. The lowest BCUT2D eigenvalue weighted by Crippen LogP contribution is -2.00. The van der Waals surface area contributed by atoms with Crippen molar-refractivity contribution >= 4 is 17.9 Å². The molecule has 0 aliphatic heterocycles. The van der Waals surface area contributed by atoms with Gasteiger partial charge in [-0.2, -0.15) is 0 Å². The Hall–Kier alpha value is -2.05. The van der Waals surface area contributed by atoms with Crippen LogP contribution in [0.15, 0.2) is 11.3 Å². The van der Waals surface area contributed by atoms with Gasteiger partial charge in [-0.1, -0.05) is 6.92 Å².